The summed E-state index contributed by atoms with van der Waals surface area (Å²) in [6.07, 6.45) is 0.715. The highest BCUT2D eigenvalue weighted by molar-refractivity contribution is 7.89. The largest absolute Gasteiger partial charge is 0.490 e. The minimum atomic E-state index is -4.00. The molecule has 0 saturated carbocycles. The second-order valence-corrected chi connectivity index (χ2v) is 9.61. The molecule has 0 amide bonds. The molecule has 0 bridgehead atoms. The molecule has 1 atom stereocenters. The first-order chi connectivity index (χ1) is 15.9. The number of sulfonamides is 1. The zero-order valence-electron chi connectivity index (χ0n) is 17.9. The van der Waals surface area contributed by atoms with Crippen LogP contribution in [0, 0.1) is 12.7 Å². The smallest absolute Gasteiger partial charge is 0.241 e. The van der Waals surface area contributed by atoms with Crippen molar-refractivity contribution in [3.05, 3.63) is 89.4 Å². The van der Waals surface area contributed by atoms with E-state index in [0.717, 1.165) is 5.39 Å². The van der Waals surface area contributed by atoms with E-state index in [0.29, 0.717) is 53.6 Å². The Morgan fingerprint density at radius 3 is 2.52 bits per heavy atom. The highest BCUT2D eigenvalue weighted by Gasteiger charge is 2.28. The van der Waals surface area contributed by atoms with Crippen molar-refractivity contribution >= 4 is 21.0 Å². The Morgan fingerprint density at radius 2 is 1.73 bits per heavy atom. The first kappa shape index (κ1) is 21.5. The van der Waals surface area contributed by atoms with Gasteiger partial charge in [0.25, 0.3) is 0 Å². The van der Waals surface area contributed by atoms with Crippen LogP contribution in [0.4, 0.5) is 4.39 Å². The standard InChI is InChI=1S/C25H22FNO5S/c1-16-13-18(26)7-9-20(16)25(24-14-17-5-2-3-6-21(17)32-24)27-33(28,29)19-8-10-22-23(15-19)31-12-4-11-30-22/h2-3,5-10,13-15,25,27H,4,11-12H2,1H3. The lowest BCUT2D eigenvalue weighted by atomic mass is 10.00. The molecule has 6 nitrogen and oxygen atoms in total. The average Bonchev–Trinajstić information content (AvgIpc) is 3.08. The predicted molar refractivity (Wildman–Crippen MR) is 122 cm³/mol. The van der Waals surface area contributed by atoms with E-state index in [4.69, 9.17) is 13.9 Å². The van der Waals surface area contributed by atoms with E-state index in [1.54, 1.807) is 25.1 Å². The number of furan rings is 1. The highest BCUT2D eigenvalue weighted by Crippen LogP contribution is 2.34. The molecule has 2 heterocycles. The summed E-state index contributed by atoms with van der Waals surface area (Å²) in [6.45, 7) is 2.69. The number of benzene rings is 3. The number of aryl methyl sites for hydroxylation is 1. The molecule has 33 heavy (non-hydrogen) atoms. The summed E-state index contributed by atoms with van der Waals surface area (Å²) in [4.78, 5) is 0.0348. The number of halogens is 1. The molecule has 4 aromatic rings. The van der Waals surface area contributed by atoms with Crippen LogP contribution >= 0.6 is 0 Å². The molecule has 3 aromatic carbocycles. The summed E-state index contributed by atoms with van der Waals surface area (Å²) in [5.41, 5.74) is 1.82. The minimum Gasteiger partial charge on any atom is -0.490 e. The lowest BCUT2D eigenvalue weighted by Gasteiger charge is -2.20. The molecule has 1 aliphatic heterocycles. The Balaban J connectivity index is 1.57. The fraction of sp³-hybridized carbons (Fsp3) is 0.200. The molecule has 5 rings (SSSR count). The molecule has 170 valence electrons. The summed E-state index contributed by atoms with van der Waals surface area (Å²) < 4.78 is 60.6. The highest BCUT2D eigenvalue weighted by atomic mass is 32.2. The van der Waals surface area contributed by atoms with Crippen LogP contribution in [0.2, 0.25) is 0 Å². The second kappa shape index (κ2) is 8.53. The summed E-state index contributed by atoms with van der Waals surface area (Å²) in [6, 6.07) is 17.1. The van der Waals surface area contributed by atoms with Gasteiger partial charge < -0.3 is 13.9 Å². The molecule has 1 unspecified atom stereocenters. The maximum Gasteiger partial charge on any atom is 0.241 e. The number of nitrogens with one attached hydrogen (secondary N) is 1. The maximum absolute atomic E-state index is 13.8. The first-order valence-corrected chi connectivity index (χ1v) is 12.1. The van der Waals surface area contributed by atoms with E-state index in [1.165, 1.54) is 24.3 Å². The monoisotopic (exact) mass is 467 g/mol. The third-order valence-electron chi connectivity index (χ3n) is 5.57. The van der Waals surface area contributed by atoms with Gasteiger partial charge in [-0.15, -0.1) is 0 Å². The molecule has 1 aliphatic rings. The van der Waals surface area contributed by atoms with E-state index in [1.807, 2.05) is 24.3 Å². The Kier molecular flexibility index (Phi) is 5.55. The van der Waals surface area contributed by atoms with Crippen molar-refractivity contribution in [2.75, 3.05) is 13.2 Å². The fourth-order valence-corrected chi connectivity index (χ4v) is 5.12. The van der Waals surface area contributed by atoms with Crippen LogP contribution in [0.3, 0.4) is 0 Å². The van der Waals surface area contributed by atoms with E-state index in [2.05, 4.69) is 4.72 Å². The quantitative estimate of drug-likeness (QED) is 0.441. The third kappa shape index (κ3) is 4.31. The first-order valence-electron chi connectivity index (χ1n) is 10.6. The van der Waals surface area contributed by atoms with Gasteiger partial charge in [-0.05, 0) is 54.4 Å². The molecule has 1 N–H and O–H groups in total. The van der Waals surface area contributed by atoms with Crippen molar-refractivity contribution in [2.45, 2.75) is 24.3 Å². The molecule has 0 fully saturated rings. The van der Waals surface area contributed by atoms with E-state index in [9.17, 15) is 12.8 Å². The van der Waals surface area contributed by atoms with E-state index < -0.39 is 21.9 Å². The van der Waals surface area contributed by atoms with Gasteiger partial charge in [0.1, 0.15) is 23.2 Å². The summed E-state index contributed by atoms with van der Waals surface area (Å²) in [5.74, 6) is 0.900. The molecule has 8 heteroatoms. The number of fused-ring (bicyclic) bond motifs is 2. The summed E-state index contributed by atoms with van der Waals surface area (Å²) in [5, 5.41) is 0.840. The number of para-hydroxylation sites is 1. The Hall–Kier alpha value is -3.36. The molecule has 0 radical (unpaired) electrons. The molecular weight excluding hydrogens is 445 g/mol. The molecular formula is C25H22FNO5S. The van der Waals surface area contributed by atoms with Crippen molar-refractivity contribution in [3.63, 3.8) is 0 Å². The van der Waals surface area contributed by atoms with Crippen molar-refractivity contribution in [1.82, 2.24) is 4.72 Å². The fourth-order valence-electron chi connectivity index (χ4n) is 3.92. The van der Waals surface area contributed by atoms with E-state index in [-0.39, 0.29) is 4.90 Å². The number of ether oxygens (including phenoxy) is 2. The van der Waals surface area contributed by atoms with Gasteiger partial charge in [-0.25, -0.2) is 12.8 Å². The van der Waals surface area contributed by atoms with Crippen LogP contribution in [0.1, 0.15) is 29.3 Å². The van der Waals surface area contributed by atoms with Crippen LogP contribution in [-0.4, -0.2) is 21.6 Å². The van der Waals surface area contributed by atoms with Gasteiger partial charge in [0.15, 0.2) is 11.5 Å². The van der Waals surface area contributed by atoms with Gasteiger partial charge in [-0.1, -0.05) is 24.3 Å². The zero-order chi connectivity index (χ0) is 23.0. The third-order valence-corrected chi connectivity index (χ3v) is 6.99. The van der Waals surface area contributed by atoms with Crippen LogP contribution in [0.5, 0.6) is 11.5 Å². The summed E-state index contributed by atoms with van der Waals surface area (Å²) in [7, 11) is -4.00. The SMILES string of the molecule is Cc1cc(F)ccc1C(NS(=O)(=O)c1ccc2c(c1)OCCCO2)c1cc2ccccc2o1. The Labute approximate surface area is 191 Å². The number of hydrogen-bond donors (Lipinski definition) is 1. The lowest BCUT2D eigenvalue weighted by molar-refractivity contribution is 0.297. The van der Waals surface area contributed by atoms with Gasteiger partial charge in [0.05, 0.1) is 18.1 Å². The maximum atomic E-state index is 13.8. The lowest BCUT2D eigenvalue weighted by Crippen LogP contribution is -2.29. The van der Waals surface area contributed by atoms with Crippen LogP contribution < -0.4 is 14.2 Å². The van der Waals surface area contributed by atoms with Crippen LogP contribution in [0.25, 0.3) is 11.0 Å². The van der Waals surface area contributed by atoms with Crippen molar-refractivity contribution < 1.29 is 26.7 Å². The van der Waals surface area contributed by atoms with Gasteiger partial charge in [-0.2, -0.15) is 4.72 Å². The number of rotatable bonds is 5. The Morgan fingerprint density at radius 1 is 0.939 bits per heavy atom. The number of hydrogen-bond acceptors (Lipinski definition) is 5. The van der Waals surface area contributed by atoms with Gasteiger partial charge in [0, 0.05) is 17.9 Å². The average molecular weight is 468 g/mol. The van der Waals surface area contributed by atoms with Gasteiger partial charge in [0.2, 0.25) is 10.0 Å². The minimum absolute atomic E-state index is 0.0348. The van der Waals surface area contributed by atoms with Crippen molar-refractivity contribution in [2.24, 2.45) is 0 Å². The van der Waals surface area contributed by atoms with Gasteiger partial charge >= 0.3 is 0 Å². The normalized spacial score (nSPS) is 14.7. The molecule has 0 saturated heterocycles. The Bertz CT molecular complexity index is 1400. The second-order valence-electron chi connectivity index (χ2n) is 7.90. The van der Waals surface area contributed by atoms with Crippen molar-refractivity contribution in [1.29, 1.82) is 0 Å². The molecule has 1 aromatic heterocycles. The van der Waals surface area contributed by atoms with E-state index >= 15 is 0 Å². The van der Waals surface area contributed by atoms with Crippen LogP contribution in [0.15, 0.2) is 76.0 Å². The van der Waals surface area contributed by atoms with Crippen molar-refractivity contribution in [3.8, 4) is 11.5 Å². The molecule has 0 aliphatic carbocycles. The summed E-state index contributed by atoms with van der Waals surface area (Å²) >= 11 is 0. The van der Waals surface area contributed by atoms with Gasteiger partial charge in [-0.3, -0.25) is 0 Å². The zero-order valence-corrected chi connectivity index (χ0v) is 18.7. The topological polar surface area (TPSA) is 77.8 Å². The van der Waals surface area contributed by atoms with Crippen LogP contribution in [-0.2, 0) is 10.0 Å². The molecule has 0 spiro atoms. The predicted octanol–water partition coefficient (Wildman–Crippen LogP) is 5.11.